The number of hydrazone groups is 1. The van der Waals surface area contributed by atoms with Crippen molar-refractivity contribution in [3.8, 4) is 0 Å². The van der Waals surface area contributed by atoms with Gasteiger partial charge in [-0.3, -0.25) is 4.79 Å². The van der Waals surface area contributed by atoms with Gasteiger partial charge in [-0.05, 0) is 17.7 Å². The number of nitrogens with zero attached hydrogens (tertiary/aromatic N) is 2. The largest absolute Gasteiger partial charge is 0.422 e. The molecule has 2 aromatic carbocycles. The minimum Gasteiger partial charge on any atom is -0.422 e. The van der Waals surface area contributed by atoms with Gasteiger partial charge in [0, 0.05) is 18.7 Å². The highest BCUT2D eigenvalue weighted by Crippen LogP contribution is 2.23. The number of fused-ring (bicyclic) bond motifs is 1. The van der Waals surface area contributed by atoms with E-state index in [0.29, 0.717) is 23.3 Å². The first kappa shape index (κ1) is 17.0. The summed E-state index contributed by atoms with van der Waals surface area (Å²) < 4.78 is 5.41. The van der Waals surface area contributed by atoms with Gasteiger partial charge in [-0.2, -0.15) is 5.10 Å². The second kappa shape index (κ2) is 7.03. The van der Waals surface area contributed by atoms with Crippen LogP contribution in [0.5, 0.6) is 0 Å². The zero-order chi connectivity index (χ0) is 18.8. The maximum absolute atomic E-state index is 12.4. The summed E-state index contributed by atoms with van der Waals surface area (Å²) in [4.78, 5) is 24.4. The highest BCUT2D eigenvalue weighted by Gasteiger charge is 2.29. The Balaban J connectivity index is 1.67. The molecule has 1 atom stereocenters. The lowest BCUT2D eigenvalue weighted by atomic mass is 10.0. The molecule has 5 heteroatoms. The van der Waals surface area contributed by atoms with E-state index in [0.717, 1.165) is 10.9 Å². The molecule has 5 nitrogen and oxygen atoms in total. The lowest BCUT2D eigenvalue weighted by Crippen LogP contribution is -2.29. The third-order valence-corrected chi connectivity index (χ3v) is 4.53. The van der Waals surface area contributed by atoms with Gasteiger partial charge in [-0.1, -0.05) is 60.7 Å². The van der Waals surface area contributed by atoms with Gasteiger partial charge in [0.05, 0.1) is 17.3 Å². The number of amides is 1. The van der Waals surface area contributed by atoms with E-state index in [9.17, 15) is 9.59 Å². The van der Waals surface area contributed by atoms with Crippen molar-refractivity contribution in [2.24, 2.45) is 5.10 Å². The number of hydrogen-bond donors (Lipinski definition) is 0. The molecular weight excluding hydrogens is 340 g/mol. The summed E-state index contributed by atoms with van der Waals surface area (Å²) in [6.45, 7) is 1.47. The van der Waals surface area contributed by atoms with Gasteiger partial charge in [0.25, 0.3) is 0 Å². The number of carbonyl (C=O) groups excluding carboxylic acids is 1. The maximum atomic E-state index is 12.4. The summed E-state index contributed by atoms with van der Waals surface area (Å²) in [5, 5.41) is 6.65. The number of para-hydroxylation sites is 1. The molecule has 2 heterocycles. The molecule has 27 heavy (non-hydrogen) atoms. The first-order valence-corrected chi connectivity index (χ1v) is 8.75. The summed E-state index contributed by atoms with van der Waals surface area (Å²) in [5.74, 6) is -0.169. The maximum Gasteiger partial charge on any atom is 0.345 e. The second-order valence-corrected chi connectivity index (χ2v) is 6.44. The Morgan fingerprint density at radius 2 is 1.89 bits per heavy atom. The SMILES string of the molecule is CC(=O)N1N=C(c2cc3ccccc3oc2=O)CC1C=Cc1ccccc1. The summed E-state index contributed by atoms with van der Waals surface area (Å²) in [6.07, 6.45) is 4.36. The normalized spacial score (nSPS) is 16.9. The molecule has 1 aliphatic heterocycles. The van der Waals surface area contributed by atoms with Gasteiger partial charge < -0.3 is 4.42 Å². The molecule has 1 unspecified atom stereocenters. The Morgan fingerprint density at radius 3 is 2.67 bits per heavy atom. The van der Waals surface area contributed by atoms with Crippen LogP contribution in [0.1, 0.15) is 24.5 Å². The summed E-state index contributed by atoms with van der Waals surface area (Å²) in [7, 11) is 0. The average Bonchev–Trinajstić information content (AvgIpc) is 3.11. The van der Waals surface area contributed by atoms with Gasteiger partial charge in [0.2, 0.25) is 5.91 Å². The molecule has 0 aliphatic carbocycles. The minimum absolute atomic E-state index is 0.169. The first-order valence-electron chi connectivity index (χ1n) is 8.75. The monoisotopic (exact) mass is 358 g/mol. The van der Waals surface area contributed by atoms with E-state index in [-0.39, 0.29) is 11.9 Å². The smallest absolute Gasteiger partial charge is 0.345 e. The summed E-state index contributed by atoms with van der Waals surface area (Å²) in [6, 6.07) is 18.7. The standard InChI is InChI=1S/C22H18N2O3/c1-15(25)24-18(12-11-16-7-3-2-4-8-16)14-20(23-24)19-13-17-9-5-6-10-21(17)27-22(19)26/h2-13,18H,14H2,1H3. The second-order valence-electron chi connectivity index (χ2n) is 6.44. The lowest BCUT2D eigenvalue weighted by Gasteiger charge is -2.16. The zero-order valence-corrected chi connectivity index (χ0v) is 14.8. The van der Waals surface area contributed by atoms with Crippen molar-refractivity contribution in [1.82, 2.24) is 5.01 Å². The molecule has 4 rings (SSSR count). The summed E-state index contributed by atoms with van der Waals surface area (Å²) >= 11 is 0. The Hall–Kier alpha value is -3.47. The molecule has 1 aliphatic rings. The third kappa shape index (κ3) is 3.44. The Morgan fingerprint density at radius 1 is 1.15 bits per heavy atom. The minimum atomic E-state index is -0.441. The molecule has 1 aromatic heterocycles. The Bertz CT molecular complexity index is 1110. The number of benzene rings is 2. The van der Waals surface area contributed by atoms with E-state index in [4.69, 9.17) is 4.42 Å². The quantitative estimate of drug-likeness (QED) is 0.669. The van der Waals surface area contributed by atoms with Crippen LogP contribution in [-0.2, 0) is 4.79 Å². The van der Waals surface area contributed by atoms with Crippen LogP contribution in [0.4, 0.5) is 0 Å². The molecular formula is C22H18N2O3. The highest BCUT2D eigenvalue weighted by atomic mass is 16.4. The van der Waals surface area contributed by atoms with Crippen LogP contribution >= 0.6 is 0 Å². The zero-order valence-electron chi connectivity index (χ0n) is 14.8. The van der Waals surface area contributed by atoms with Crippen molar-refractivity contribution < 1.29 is 9.21 Å². The van der Waals surface area contributed by atoms with Crippen LogP contribution in [0, 0.1) is 0 Å². The fourth-order valence-electron chi connectivity index (χ4n) is 3.20. The van der Waals surface area contributed by atoms with Crippen LogP contribution in [0.2, 0.25) is 0 Å². The molecule has 3 aromatic rings. The first-order chi connectivity index (χ1) is 13.1. The van der Waals surface area contributed by atoms with E-state index in [1.807, 2.05) is 60.7 Å². The molecule has 134 valence electrons. The predicted octanol–water partition coefficient (Wildman–Crippen LogP) is 3.83. The van der Waals surface area contributed by atoms with Gasteiger partial charge >= 0.3 is 5.63 Å². The molecule has 0 fully saturated rings. The fourth-order valence-corrected chi connectivity index (χ4v) is 3.20. The van der Waals surface area contributed by atoms with Crippen molar-refractivity contribution in [3.63, 3.8) is 0 Å². The molecule has 0 spiro atoms. The van der Waals surface area contributed by atoms with Crippen LogP contribution in [0.15, 0.2) is 81.1 Å². The number of hydrogen-bond acceptors (Lipinski definition) is 4. The fraction of sp³-hybridized carbons (Fsp3) is 0.136. The molecule has 0 N–H and O–H groups in total. The predicted molar refractivity (Wildman–Crippen MR) is 105 cm³/mol. The van der Waals surface area contributed by atoms with E-state index in [2.05, 4.69) is 5.10 Å². The highest BCUT2D eigenvalue weighted by molar-refractivity contribution is 6.04. The Kier molecular flexibility index (Phi) is 4.42. The third-order valence-electron chi connectivity index (χ3n) is 4.53. The van der Waals surface area contributed by atoms with E-state index in [1.165, 1.54) is 11.9 Å². The van der Waals surface area contributed by atoms with E-state index in [1.54, 1.807) is 12.1 Å². The van der Waals surface area contributed by atoms with Crippen molar-refractivity contribution in [2.75, 3.05) is 0 Å². The van der Waals surface area contributed by atoms with E-state index >= 15 is 0 Å². The molecule has 0 saturated carbocycles. The lowest BCUT2D eigenvalue weighted by molar-refractivity contribution is -0.129. The summed E-state index contributed by atoms with van der Waals surface area (Å²) in [5.41, 5.74) is 2.10. The van der Waals surface area contributed by atoms with Crippen LogP contribution in [-0.4, -0.2) is 22.7 Å². The average molecular weight is 358 g/mol. The molecule has 0 radical (unpaired) electrons. The topological polar surface area (TPSA) is 62.9 Å². The van der Waals surface area contributed by atoms with Gasteiger partial charge in [0.1, 0.15) is 5.58 Å². The van der Waals surface area contributed by atoms with Crippen molar-refractivity contribution in [2.45, 2.75) is 19.4 Å². The number of carbonyl (C=O) groups is 1. The molecule has 1 amide bonds. The van der Waals surface area contributed by atoms with Crippen LogP contribution < -0.4 is 5.63 Å². The van der Waals surface area contributed by atoms with Gasteiger partial charge in [0.15, 0.2) is 0 Å². The van der Waals surface area contributed by atoms with E-state index < -0.39 is 5.63 Å². The van der Waals surface area contributed by atoms with Crippen LogP contribution in [0.25, 0.3) is 17.0 Å². The number of rotatable bonds is 3. The molecule has 0 saturated heterocycles. The van der Waals surface area contributed by atoms with Crippen molar-refractivity contribution in [1.29, 1.82) is 0 Å². The van der Waals surface area contributed by atoms with Crippen molar-refractivity contribution >= 4 is 28.7 Å². The molecule has 0 bridgehead atoms. The van der Waals surface area contributed by atoms with Crippen molar-refractivity contribution in [3.05, 3.63) is 88.3 Å². The van der Waals surface area contributed by atoms with Gasteiger partial charge in [-0.15, -0.1) is 0 Å². The van der Waals surface area contributed by atoms with Crippen LogP contribution in [0.3, 0.4) is 0 Å². The Labute approximate surface area is 156 Å². The van der Waals surface area contributed by atoms with Gasteiger partial charge in [-0.25, -0.2) is 9.80 Å².